The Kier molecular flexibility index (Phi) is 2.86. The SMILES string of the molecule is O=S(=O)([O-])C(F)(F)Cc1ccccc1. The second-order valence-corrected chi connectivity index (χ2v) is 4.26. The Morgan fingerprint density at radius 3 is 2.14 bits per heavy atom. The first-order valence-corrected chi connectivity index (χ1v) is 5.11. The molecule has 6 heteroatoms. The second-order valence-electron chi connectivity index (χ2n) is 2.75. The highest BCUT2D eigenvalue weighted by atomic mass is 32.2. The maximum atomic E-state index is 12.7. The van der Waals surface area contributed by atoms with Crippen molar-refractivity contribution in [3.8, 4) is 0 Å². The van der Waals surface area contributed by atoms with Crippen molar-refractivity contribution in [2.45, 2.75) is 11.7 Å². The summed E-state index contributed by atoms with van der Waals surface area (Å²) in [5.74, 6) is 0. The van der Waals surface area contributed by atoms with Crippen LogP contribution in [0.1, 0.15) is 5.56 Å². The van der Waals surface area contributed by atoms with E-state index in [4.69, 9.17) is 0 Å². The first-order chi connectivity index (χ1) is 6.33. The van der Waals surface area contributed by atoms with Crippen LogP contribution >= 0.6 is 0 Å². The zero-order chi connectivity index (χ0) is 10.8. The zero-order valence-corrected chi connectivity index (χ0v) is 7.80. The van der Waals surface area contributed by atoms with Crippen molar-refractivity contribution in [3.63, 3.8) is 0 Å². The Hall–Kier alpha value is -1.01. The minimum atomic E-state index is -5.58. The molecule has 0 amide bonds. The molecule has 14 heavy (non-hydrogen) atoms. The summed E-state index contributed by atoms with van der Waals surface area (Å²) in [5.41, 5.74) is 0.108. The number of hydrogen-bond donors (Lipinski definition) is 0. The Balaban J connectivity index is 2.90. The Bertz CT molecular complexity index is 400. The van der Waals surface area contributed by atoms with Gasteiger partial charge in [-0.2, -0.15) is 8.78 Å². The minimum Gasteiger partial charge on any atom is -0.743 e. The molecule has 0 heterocycles. The van der Waals surface area contributed by atoms with E-state index in [0.717, 1.165) is 0 Å². The maximum Gasteiger partial charge on any atom is 0.338 e. The maximum absolute atomic E-state index is 12.7. The van der Waals surface area contributed by atoms with Gasteiger partial charge in [0.1, 0.15) is 0 Å². The van der Waals surface area contributed by atoms with Crippen LogP contribution in [-0.4, -0.2) is 18.2 Å². The molecule has 0 aliphatic carbocycles. The highest BCUT2D eigenvalue weighted by Gasteiger charge is 2.37. The van der Waals surface area contributed by atoms with E-state index in [-0.39, 0.29) is 5.56 Å². The summed E-state index contributed by atoms with van der Waals surface area (Å²) in [4.78, 5) is 0. The third kappa shape index (κ3) is 2.49. The standard InChI is InChI=1S/C8H8F2O3S/c9-8(10,14(11,12)13)6-7-4-2-1-3-5-7/h1-5H,6H2,(H,11,12,13)/p-1. The van der Waals surface area contributed by atoms with E-state index in [1.54, 1.807) is 6.07 Å². The van der Waals surface area contributed by atoms with Crippen LogP contribution in [-0.2, 0) is 16.5 Å². The van der Waals surface area contributed by atoms with Gasteiger partial charge in [0, 0.05) is 0 Å². The molecule has 78 valence electrons. The molecule has 1 aromatic rings. The Morgan fingerprint density at radius 1 is 1.21 bits per heavy atom. The third-order valence-corrected chi connectivity index (χ3v) is 2.49. The van der Waals surface area contributed by atoms with Gasteiger partial charge in [-0.3, -0.25) is 0 Å². The van der Waals surface area contributed by atoms with Crippen molar-refractivity contribution in [1.29, 1.82) is 0 Å². The highest BCUT2D eigenvalue weighted by molar-refractivity contribution is 7.86. The van der Waals surface area contributed by atoms with E-state index in [2.05, 4.69) is 0 Å². The van der Waals surface area contributed by atoms with Gasteiger partial charge >= 0.3 is 5.25 Å². The van der Waals surface area contributed by atoms with Gasteiger partial charge in [0.15, 0.2) is 10.1 Å². The summed E-state index contributed by atoms with van der Waals surface area (Å²) >= 11 is 0. The topological polar surface area (TPSA) is 57.2 Å². The van der Waals surface area contributed by atoms with Crippen LogP contribution in [0.2, 0.25) is 0 Å². The summed E-state index contributed by atoms with van der Waals surface area (Å²) in [6.45, 7) is 0. The van der Waals surface area contributed by atoms with E-state index in [0.29, 0.717) is 0 Å². The molecule has 0 spiro atoms. The van der Waals surface area contributed by atoms with E-state index in [1.165, 1.54) is 24.3 Å². The molecular formula is C8H7F2O3S-. The van der Waals surface area contributed by atoms with Gasteiger partial charge in [-0.05, 0) is 5.56 Å². The van der Waals surface area contributed by atoms with Crippen LogP contribution in [0.25, 0.3) is 0 Å². The summed E-state index contributed by atoms with van der Waals surface area (Å²) in [6.07, 6.45) is -1.08. The first kappa shape index (κ1) is 11.1. The van der Waals surface area contributed by atoms with Gasteiger partial charge in [0.05, 0.1) is 6.42 Å². The molecule has 0 aliphatic rings. The average molecular weight is 221 g/mol. The van der Waals surface area contributed by atoms with Crippen molar-refractivity contribution in [2.24, 2.45) is 0 Å². The van der Waals surface area contributed by atoms with E-state index in [9.17, 15) is 21.8 Å². The van der Waals surface area contributed by atoms with E-state index in [1.807, 2.05) is 0 Å². The first-order valence-electron chi connectivity index (χ1n) is 3.70. The lowest BCUT2D eigenvalue weighted by Crippen LogP contribution is -2.30. The number of halogens is 2. The zero-order valence-electron chi connectivity index (χ0n) is 6.98. The van der Waals surface area contributed by atoms with Crippen LogP contribution in [0.15, 0.2) is 30.3 Å². The molecule has 0 N–H and O–H groups in total. The molecule has 0 radical (unpaired) electrons. The van der Waals surface area contributed by atoms with Crippen LogP contribution in [0.5, 0.6) is 0 Å². The molecule has 0 unspecified atom stereocenters. The Labute approximate surface area is 80.1 Å². The van der Waals surface area contributed by atoms with Gasteiger partial charge in [-0.1, -0.05) is 30.3 Å². The van der Waals surface area contributed by atoms with Crippen LogP contribution in [0.4, 0.5) is 8.78 Å². The van der Waals surface area contributed by atoms with Crippen LogP contribution in [0, 0.1) is 0 Å². The fourth-order valence-corrected chi connectivity index (χ4v) is 1.27. The molecule has 0 aliphatic heterocycles. The lowest BCUT2D eigenvalue weighted by Gasteiger charge is -2.19. The fourth-order valence-electron chi connectivity index (χ4n) is 0.922. The predicted molar refractivity (Wildman–Crippen MR) is 44.8 cm³/mol. The molecule has 0 aromatic heterocycles. The van der Waals surface area contributed by atoms with Crippen molar-refractivity contribution in [3.05, 3.63) is 35.9 Å². The quantitative estimate of drug-likeness (QED) is 0.724. The van der Waals surface area contributed by atoms with Gasteiger partial charge in [0.2, 0.25) is 0 Å². The van der Waals surface area contributed by atoms with E-state index < -0.39 is 21.8 Å². The number of rotatable bonds is 3. The lowest BCUT2D eigenvalue weighted by atomic mass is 10.2. The number of benzene rings is 1. The van der Waals surface area contributed by atoms with Gasteiger partial charge in [-0.15, -0.1) is 0 Å². The largest absolute Gasteiger partial charge is 0.743 e. The Morgan fingerprint density at radius 2 is 1.71 bits per heavy atom. The third-order valence-electron chi connectivity index (χ3n) is 1.62. The van der Waals surface area contributed by atoms with Crippen LogP contribution < -0.4 is 0 Å². The fraction of sp³-hybridized carbons (Fsp3) is 0.250. The second kappa shape index (κ2) is 3.62. The van der Waals surface area contributed by atoms with Crippen molar-refractivity contribution in [1.82, 2.24) is 0 Å². The van der Waals surface area contributed by atoms with Crippen molar-refractivity contribution < 1.29 is 21.8 Å². The summed E-state index contributed by atoms with van der Waals surface area (Å²) in [7, 11) is -5.58. The molecule has 3 nitrogen and oxygen atoms in total. The molecule has 0 bridgehead atoms. The van der Waals surface area contributed by atoms with Gasteiger partial charge in [0.25, 0.3) is 0 Å². The van der Waals surface area contributed by atoms with Crippen LogP contribution in [0.3, 0.4) is 0 Å². The monoisotopic (exact) mass is 221 g/mol. The smallest absolute Gasteiger partial charge is 0.338 e. The normalized spacial score (nSPS) is 12.8. The predicted octanol–water partition coefficient (Wildman–Crippen LogP) is 1.37. The van der Waals surface area contributed by atoms with Crippen molar-refractivity contribution in [2.75, 3.05) is 0 Å². The lowest BCUT2D eigenvalue weighted by molar-refractivity contribution is 0.0800. The number of hydrogen-bond acceptors (Lipinski definition) is 3. The minimum absolute atomic E-state index is 0.108. The van der Waals surface area contributed by atoms with E-state index >= 15 is 0 Å². The summed E-state index contributed by atoms with van der Waals surface area (Å²) in [6, 6.07) is 7.25. The summed E-state index contributed by atoms with van der Waals surface area (Å²) < 4.78 is 55.9. The average Bonchev–Trinajstić information content (AvgIpc) is 2.03. The van der Waals surface area contributed by atoms with Crippen molar-refractivity contribution >= 4 is 10.1 Å². The molecule has 0 saturated carbocycles. The molecule has 1 rings (SSSR count). The molecule has 0 fully saturated rings. The number of alkyl halides is 2. The summed E-state index contributed by atoms with van der Waals surface area (Å²) in [5, 5.41) is -4.24. The van der Waals surface area contributed by atoms with Gasteiger partial charge in [-0.25, -0.2) is 8.42 Å². The highest BCUT2D eigenvalue weighted by Crippen LogP contribution is 2.25. The molecule has 0 atom stereocenters. The van der Waals surface area contributed by atoms with Gasteiger partial charge < -0.3 is 4.55 Å². The molecular weight excluding hydrogens is 214 g/mol. The molecule has 1 aromatic carbocycles. The molecule has 0 saturated heterocycles.